The van der Waals surface area contributed by atoms with Gasteiger partial charge in [0, 0.05) is 12.0 Å². The lowest BCUT2D eigenvalue weighted by Crippen LogP contribution is -2.15. The minimum absolute atomic E-state index is 0. The number of aryl methyl sites for hydroxylation is 1. The fourth-order valence-electron chi connectivity index (χ4n) is 1.56. The van der Waals surface area contributed by atoms with Gasteiger partial charge in [-0.25, -0.2) is 4.98 Å². The van der Waals surface area contributed by atoms with E-state index in [1.807, 2.05) is 30.3 Å². The molecule has 2 aromatic rings. The Kier molecular flexibility index (Phi) is 11.1. The maximum absolute atomic E-state index is 9.86. The van der Waals surface area contributed by atoms with Crippen LogP contribution in [0.1, 0.15) is 12.7 Å². The Morgan fingerprint density at radius 2 is 1.44 bits per heavy atom. The number of hydrogen-bond donors (Lipinski definition) is 2. The number of aromatic nitrogens is 1. The van der Waals surface area contributed by atoms with Crippen LogP contribution < -0.4 is 0 Å². The molecule has 0 atom stereocenters. The molecule has 12 heteroatoms. The predicted molar refractivity (Wildman–Crippen MR) is 91.4 cm³/mol. The number of hydrogen-bond acceptors (Lipinski definition) is 6. The Morgan fingerprint density at radius 3 is 1.84 bits per heavy atom. The molecule has 0 radical (unpaired) electrons. The summed E-state index contributed by atoms with van der Waals surface area (Å²) in [6.45, 7) is 2.06. The minimum atomic E-state index is -4.30. The van der Waals surface area contributed by atoms with Crippen LogP contribution in [0.15, 0.2) is 41.1 Å². The molecule has 0 unspecified atom stereocenters. The van der Waals surface area contributed by atoms with Crippen molar-refractivity contribution in [2.75, 3.05) is 11.5 Å². The summed E-state index contributed by atoms with van der Waals surface area (Å²) in [6, 6.07) is 10.1. The monoisotopic (exact) mass is 399 g/mol. The molecule has 25 heavy (non-hydrogen) atoms. The van der Waals surface area contributed by atoms with E-state index in [4.69, 9.17) is 13.5 Å². The van der Waals surface area contributed by atoms with E-state index < -0.39 is 31.7 Å². The van der Waals surface area contributed by atoms with Crippen molar-refractivity contribution in [3.05, 3.63) is 42.5 Å². The summed E-state index contributed by atoms with van der Waals surface area (Å²) < 4.78 is 60.6. The maximum atomic E-state index is 9.86. The lowest BCUT2D eigenvalue weighted by Gasteiger charge is -1.97. The summed E-state index contributed by atoms with van der Waals surface area (Å²) in [7, 11) is -8.59. The quantitative estimate of drug-likeness (QED) is 0.655. The largest absolute Gasteiger partial charge is 0.448 e. The number of benzene rings is 1. The standard InChI is InChI=1S/C11H11NO.C2H6O6S2.2H2O/c1-2-10-11(12-8-13-10)9-6-4-3-5-7-9;3-9(4,5)1-2-10(6,7)8;;/h3-8H,2H2,1H3;1-2H2,(H,3,4,5)(H,6,7,8);2*1H2. The van der Waals surface area contributed by atoms with Crippen molar-refractivity contribution in [3.8, 4) is 11.3 Å². The Morgan fingerprint density at radius 1 is 0.960 bits per heavy atom. The van der Waals surface area contributed by atoms with E-state index in [1.54, 1.807) is 0 Å². The highest BCUT2D eigenvalue weighted by atomic mass is 32.2. The van der Waals surface area contributed by atoms with Gasteiger partial charge in [0.05, 0.1) is 11.5 Å². The first-order valence-corrected chi connectivity index (χ1v) is 9.72. The molecule has 0 amide bonds. The van der Waals surface area contributed by atoms with Crippen molar-refractivity contribution in [2.45, 2.75) is 13.3 Å². The molecule has 0 aliphatic heterocycles. The number of rotatable bonds is 5. The molecule has 0 aliphatic rings. The van der Waals surface area contributed by atoms with E-state index in [0.29, 0.717) is 0 Å². The lowest BCUT2D eigenvalue weighted by atomic mass is 10.1. The van der Waals surface area contributed by atoms with Crippen molar-refractivity contribution in [2.24, 2.45) is 0 Å². The van der Waals surface area contributed by atoms with Crippen molar-refractivity contribution in [1.29, 1.82) is 0 Å². The summed E-state index contributed by atoms with van der Waals surface area (Å²) in [5.74, 6) is -1.01. The van der Waals surface area contributed by atoms with Crippen LogP contribution >= 0.6 is 0 Å². The lowest BCUT2D eigenvalue weighted by molar-refractivity contribution is 0.472. The Balaban J connectivity index is 0. The molecule has 2 rings (SSSR count). The van der Waals surface area contributed by atoms with Crippen LogP contribution in [0, 0.1) is 0 Å². The first-order valence-electron chi connectivity index (χ1n) is 6.50. The molecule has 0 saturated carbocycles. The van der Waals surface area contributed by atoms with E-state index >= 15 is 0 Å². The highest BCUT2D eigenvalue weighted by Gasteiger charge is 2.11. The van der Waals surface area contributed by atoms with Gasteiger partial charge in [-0.2, -0.15) is 16.8 Å². The zero-order chi connectivity index (χ0) is 17.5. The van der Waals surface area contributed by atoms with Gasteiger partial charge in [-0.3, -0.25) is 9.11 Å². The fraction of sp³-hybridized carbons (Fsp3) is 0.308. The first-order chi connectivity index (χ1) is 10.6. The molecule has 0 bridgehead atoms. The average Bonchev–Trinajstić information content (AvgIpc) is 2.94. The first kappa shape index (κ1) is 25.4. The normalized spacial score (nSPS) is 10.7. The van der Waals surface area contributed by atoms with Gasteiger partial charge in [0.1, 0.15) is 11.5 Å². The molecule has 1 aromatic carbocycles. The molecule has 144 valence electrons. The molecule has 6 N–H and O–H groups in total. The second kappa shape index (κ2) is 10.9. The third kappa shape index (κ3) is 10.6. The molecule has 10 nitrogen and oxygen atoms in total. The second-order valence-electron chi connectivity index (χ2n) is 4.42. The molecular formula is C13H21NO9S2. The Hall–Kier alpha value is -1.83. The summed E-state index contributed by atoms with van der Waals surface area (Å²) in [4.78, 5) is 4.19. The third-order valence-corrected chi connectivity index (χ3v) is 4.31. The number of oxazole rings is 1. The van der Waals surface area contributed by atoms with Crippen molar-refractivity contribution in [3.63, 3.8) is 0 Å². The van der Waals surface area contributed by atoms with E-state index in [-0.39, 0.29) is 11.0 Å². The molecule has 0 fully saturated rings. The molecule has 0 aliphatic carbocycles. The van der Waals surface area contributed by atoms with Gasteiger partial charge in [-0.1, -0.05) is 37.3 Å². The molecular weight excluding hydrogens is 378 g/mol. The van der Waals surface area contributed by atoms with Crippen LogP contribution in [0.5, 0.6) is 0 Å². The van der Waals surface area contributed by atoms with E-state index in [1.165, 1.54) is 6.39 Å². The van der Waals surface area contributed by atoms with E-state index in [2.05, 4.69) is 11.9 Å². The van der Waals surface area contributed by atoms with Crippen molar-refractivity contribution < 1.29 is 41.3 Å². The summed E-state index contributed by atoms with van der Waals surface area (Å²) in [6.07, 6.45) is 2.38. The maximum Gasteiger partial charge on any atom is 0.265 e. The summed E-state index contributed by atoms with van der Waals surface area (Å²) >= 11 is 0. The Bertz CT molecular complexity index is 782. The molecule has 1 heterocycles. The average molecular weight is 399 g/mol. The highest BCUT2D eigenvalue weighted by molar-refractivity contribution is 7.89. The van der Waals surface area contributed by atoms with Gasteiger partial charge in [0.2, 0.25) is 0 Å². The van der Waals surface area contributed by atoms with Gasteiger partial charge in [0.15, 0.2) is 6.39 Å². The number of nitrogens with zero attached hydrogens (tertiary/aromatic N) is 1. The molecule has 0 saturated heterocycles. The predicted octanol–water partition coefficient (Wildman–Crippen LogP) is 0.0166. The van der Waals surface area contributed by atoms with Gasteiger partial charge in [-0.05, 0) is 0 Å². The topological polar surface area (TPSA) is 198 Å². The smallest absolute Gasteiger partial charge is 0.265 e. The van der Waals surface area contributed by atoms with Crippen molar-refractivity contribution >= 4 is 20.2 Å². The van der Waals surface area contributed by atoms with Crippen LogP contribution in [0.3, 0.4) is 0 Å². The second-order valence-corrected chi connectivity index (χ2v) is 7.56. The SMILES string of the molecule is CCc1ocnc1-c1ccccc1.O.O.O=S(=O)(O)CCS(=O)(=O)O. The van der Waals surface area contributed by atoms with Crippen LogP contribution in [-0.2, 0) is 26.7 Å². The van der Waals surface area contributed by atoms with Crippen molar-refractivity contribution in [1.82, 2.24) is 4.98 Å². The molecule has 0 spiro atoms. The van der Waals surface area contributed by atoms with Gasteiger partial charge < -0.3 is 15.4 Å². The minimum Gasteiger partial charge on any atom is -0.448 e. The van der Waals surface area contributed by atoms with Crippen LogP contribution in [0.25, 0.3) is 11.3 Å². The zero-order valence-corrected chi connectivity index (χ0v) is 14.9. The highest BCUT2D eigenvalue weighted by Crippen LogP contribution is 2.21. The zero-order valence-electron chi connectivity index (χ0n) is 13.3. The van der Waals surface area contributed by atoms with Crippen LogP contribution in [0.2, 0.25) is 0 Å². The van der Waals surface area contributed by atoms with E-state index in [9.17, 15) is 16.8 Å². The van der Waals surface area contributed by atoms with E-state index in [0.717, 1.165) is 23.4 Å². The summed E-state index contributed by atoms with van der Waals surface area (Å²) in [5, 5.41) is 0. The summed E-state index contributed by atoms with van der Waals surface area (Å²) in [5.41, 5.74) is 2.08. The van der Waals surface area contributed by atoms with Crippen LogP contribution in [-0.4, -0.2) is 53.4 Å². The van der Waals surface area contributed by atoms with Gasteiger partial charge in [-0.15, -0.1) is 0 Å². The third-order valence-electron chi connectivity index (χ3n) is 2.61. The Labute approximate surface area is 145 Å². The van der Waals surface area contributed by atoms with Gasteiger partial charge >= 0.3 is 0 Å². The van der Waals surface area contributed by atoms with Gasteiger partial charge in [0.25, 0.3) is 20.2 Å². The molecule has 1 aromatic heterocycles. The van der Waals surface area contributed by atoms with Crippen LogP contribution in [0.4, 0.5) is 0 Å². The fourth-order valence-corrected chi connectivity index (χ4v) is 3.25.